The number of hydrogen-bond acceptors (Lipinski definition) is 2. The predicted octanol–water partition coefficient (Wildman–Crippen LogP) is -0.596. The Morgan fingerprint density at radius 2 is 1.50 bits per heavy atom. The molecule has 0 aromatic heterocycles. The minimum Gasteiger partial charge on any atom is -0.357 e. The maximum atomic E-state index is 11.0. The molecule has 1 aliphatic heterocycles. The highest BCUT2D eigenvalue weighted by Crippen LogP contribution is 1.87. The summed E-state index contributed by atoms with van der Waals surface area (Å²) < 4.78 is 0. The Labute approximate surface area is 81.0 Å². The first-order chi connectivity index (χ1) is 6.75. The first-order valence-electron chi connectivity index (χ1n) is 4.18. The van der Waals surface area contributed by atoms with Crippen LogP contribution < -0.4 is 21.2 Å². The zero-order chi connectivity index (χ0) is 9.97. The molecule has 1 aliphatic rings. The summed E-state index contributed by atoms with van der Waals surface area (Å²) >= 11 is 0. The second-order valence-corrected chi connectivity index (χ2v) is 2.92. The van der Waals surface area contributed by atoms with E-state index in [4.69, 9.17) is 0 Å². The smallest absolute Gasteiger partial charge is 0.357 e. The molecule has 0 radical (unpaired) electrons. The zero-order valence-corrected chi connectivity index (χ0v) is 7.28. The Bertz CT molecular complexity index is 352. The molecular weight excluding hydrogens is 181 g/mol. The van der Waals surface area contributed by atoms with E-state index < -0.39 is 19.0 Å². The van der Waals surface area contributed by atoms with Crippen LogP contribution in [-0.2, 0) is 0 Å². The van der Waals surface area contributed by atoms with E-state index in [1.807, 2.05) is 30.3 Å². The van der Waals surface area contributed by atoms with Gasteiger partial charge in [0.25, 0.3) is 0 Å². The van der Waals surface area contributed by atoms with Gasteiger partial charge in [-0.05, 0) is 5.46 Å². The van der Waals surface area contributed by atoms with Gasteiger partial charge in [0.05, 0.1) is 0 Å². The highest BCUT2D eigenvalue weighted by molar-refractivity contribution is 6.73. The molecule has 1 aromatic carbocycles. The lowest BCUT2D eigenvalue weighted by Gasteiger charge is -2.21. The van der Waals surface area contributed by atoms with Crippen LogP contribution in [0.25, 0.3) is 0 Å². The highest BCUT2D eigenvalue weighted by atomic mass is 16.2. The Balaban J connectivity index is 2.19. The van der Waals surface area contributed by atoms with Gasteiger partial charge in [0.1, 0.15) is 0 Å². The van der Waals surface area contributed by atoms with Crippen molar-refractivity contribution < 1.29 is 9.59 Å². The van der Waals surface area contributed by atoms with E-state index in [1.54, 1.807) is 0 Å². The quantitative estimate of drug-likeness (QED) is 0.516. The number of benzene rings is 1. The van der Waals surface area contributed by atoms with Crippen molar-refractivity contribution in [1.29, 1.82) is 0 Å². The van der Waals surface area contributed by atoms with Crippen LogP contribution in [0.3, 0.4) is 0 Å². The number of hydrogen-bond donors (Lipinski definition) is 3. The van der Waals surface area contributed by atoms with Gasteiger partial charge < -0.3 is 10.5 Å². The summed E-state index contributed by atoms with van der Waals surface area (Å²) in [6, 6.07) is 8.25. The summed E-state index contributed by atoms with van der Waals surface area (Å²) in [5.74, 6) is 0. The van der Waals surface area contributed by atoms with Crippen LogP contribution in [0.15, 0.2) is 30.3 Å². The Kier molecular flexibility index (Phi) is 2.10. The third-order valence-electron chi connectivity index (χ3n) is 1.91. The number of nitrogens with one attached hydrogen (secondary N) is 3. The standard InChI is InChI=1S/C8H8BN3O2/c13-7-10-8(14)12-9(11-7)6-4-2-1-3-5-6/h1-5H,(H3,10,11,12,13,14). The first kappa shape index (κ1) is 8.62. The summed E-state index contributed by atoms with van der Waals surface area (Å²) in [5.41, 5.74) is 0.843. The number of imide groups is 1. The Morgan fingerprint density at radius 1 is 0.929 bits per heavy atom. The van der Waals surface area contributed by atoms with Crippen LogP contribution in [0.1, 0.15) is 0 Å². The van der Waals surface area contributed by atoms with Crippen LogP contribution in [0.4, 0.5) is 9.59 Å². The van der Waals surface area contributed by atoms with E-state index in [1.165, 1.54) is 0 Å². The van der Waals surface area contributed by atoms with Crippen molar-refractivity contribution in [2.45, 2.75) is 0 Å². The molecule has 1 fully saturated rings. The maximum absolute atomic E-state index is 11.0. The van der Waals surface area contributed by atoms with Crippen LogP contribution in [0.5, 0.6) is 0 Å². The van der Waals surface area contributed by atoms with Gasteiger partial charge in [-0.3, -0.25) is 5.32 Å². The fourth-order valence-corrected chi connectivity index (χ4v) is 1.29. The number of urea groups is 2. The molecule has 1 saturated heterocycles. The largest absolute Gasteiger partial charge is 0.413 e. The molecule has 0 saturated carbocycles. The van der Waals surface area contributed by atoms with Gasteiger partial charge in [0.2, 0.25) is 0 Å². The Hall–Kier alpha value is -1.98. The molecule has 0 unspecified atom stereocenters. The molecule has 0 spiro atoms. The molecule has 14 heavy (non-hydrogen) atoms. The van der Waals surface area contributed by atoms with E-state index in [0.29, 0.717) is 0 Å². The van der Waals surface area contributed by atoms with E-state index in [-0.39, 0.29) is 0 Å². The average molecular weight is 189 g/mol. The molecule has 0 atom stereocenters. The molecule has 3 N–H and O–H groups in total. The number of amides is 4. The van der Waals surface area contributed by atoms with Crippen LogP contribution in [-0.4, -0.2) is 19.0 Å². The van der Waals surface area contributed by atoms with Crippen molar-refractivity contribution >= 4 is 24.5 Å². The summed E-state index contributed by atoms with van der Waals surface area (Å²) in [7, 11) is 0. The van der Waals surface area contributed by atoms with Gasteiger partial charge in [-0.15, -0.1) is 0 Å². The monoisotopic (exact) mass is 189 g/mol. The summed E-state index contributed by atoms with van der Waals surface area (Å²) in [6.07, 6.45) is 0. The number of carbonyl (C=O) groups excluding carboxylic acids is 2. The lowest BCUT2D eigenvalue weighted by Crippen LogP contribution is -2.69. The highest BCUT2D eigenvalue weighted by Gasteiger charge is 2.28. The van der Waals surface area contributed by atoms with Crippen molar-refractivity contribution in [1.82, 2.24) is 15.8 Å². The maximum Gasteiger partial charge on any atom is 0.413 e. The van der Waals surface area contributed by atoms with E-state index in [0.717, 1.165) is 5.46 Å². The molecule has 2 rings (SSSR count). The fourth-order valence-electron chi connectivity index (χ4n) is 1.29. The number of carbonyl (C=O) groups is 2. The molecule has 5 nitrogen and oxygen atoms in total. The van der Waals surface area contributed by atoms with Gasteiger partial charge in [0, 0.05) is 0 Å². The summed E-state index contributed by atoms with van der Waals surface area (Å²) in [5, 5.41) is 7.24. The molecular formula is C8H8BN3O2. The molecule has 1 aromatic rings. The van der Waals surface area contributed by atoms with Gasteiger partial charge in [-0.25, -0.2) is 9.59 Å². The molecule has 0 bridgehead atoms. The van der Waals surface area contributed by atoms with E-state index in [2.05, 4.69) is 15.8 Å². The van der Waals surface area contributed by atoms with Crippen molar-refractivity contribution in [3.63, 3.8) is 0 Å². The SMILES string of the molecule is O=C1NB(c2ccccc2)NC(=O)N1. The lowest BCUT2D eigenvalue weighted by molar-refractivity contribution is 0.230. The van der Waals surface area contributed by atoms with Crippen molar-refractivity contribution in [3.8, 4) is 0 Å². The Morgan fingerprint density at radius 3 is 2.07 bits per heavy atom. The van der Waals surface area contributed by atoms with Crippen molar-refractivity contribution in [2.75, 3.05) is 0 Å². The number of rotatable bonds is 1. The minimum absolute atomic E-state index is 0.447. The van der Waals surface area contributed by atoms with Gasteiger partial charge in [-0.1, -0.05) is 30.3 Å². The third kappa shape index (κ3) is 1.68. The summed E-state index contributed by atoms with van der Waals surface area (Å²) in [6.45, 7) is -0.447. The zero-order valence-electron chi connectivity index (χ0n) is 7.28. The minimum atomic E-state index is -0.484. The fraction of sp³-hybridized carbons (Fsp3) is 0. The van der Waals surface area contributed by atoms with Crippen LogP contribution in [0.2, 0.25) is 0 Å². The second-order valence-electron chi connectivity index (χ2n) is 2.92. The summed E-state index contributed by atoms with van der Waals surface area (Å²) in [4.78, 5) is 21.9. The molecule has 70 valence electrons. The molecule has 1 heterocycles. The normalized spacial score (nSPS) is 15.6. The topological polar surface area (TPSA) is 70.2 Å². The van der Waals surface area contributed by atoms with Gasteiger partial charge in [-0.2, -0.15) is 0 Å². The lowest BCUT2D eigenvalue weighted by atomic mass is 9.68. The second kappa shape index (κ2) is 3.41. The first-order valence-corrected chi connectivity index (χ1v) is 4.18. The van der Waals surface area contributed by atoms with Crippen LogP contribution in [0, 0.1) is 0 Å². The third-order valence-corrected chi connectivity index (χ3v) is 1.91. The van der Waals surface area contributed by atoms with Crippen molar-refractivity contribution in [3.05, 3.63) is 30.3 Å². The van der Waals surface area contributed by atoms with E-state index in [9.17, 15) is 9.59 Å². The molecule has 4 amide bonds. The molecule has 0 aliphatic carbocycles. The van der Waals surface area contributed by atoms with Crippen molar-refractivity contribution in [2.24, 2.45) is 0 Å². The molecule has 6 heteroatoms. The van der Waals surface area contributed by atoms with Gasteiger partial charge >= 0.3 is 19.0 Å². The van der Waals surface area contributed by atoms with Gasteiger partial charge in [0.15, 0.2) is 0 Å². The van der Waals surface area contributed by atoms with E-state index >= 15 is 0 Å². The van der Waals surface area contributed by atoms with Crippen LogP contribution >= 0.6 is 0 Å². The average Bonchev–Trinajstić information content (AvgIpc) is 2.18. The predicted molar refractivity (Wildman–Crippen MR) is 52.0 cm³/mol.